The van der Waals surface area contributed by atoms with Crippen LogP contribution in [-0.4, -0.2) is 35.7 Å². The summed E-state index contributed by atoms with van der Waals surface area (Å²) >= 11 is 7.18. The number of nitrogens with one attached hydrogen (secondary N) is 1. The fourth-order valence-corrected chi connectivity index (χ4v) is 2.15. The van der Waals surface area contributed by atoms with Crippen molar-refractivity contribution in [2.24, 2.45) is 0 Å². The van der Waals surface area contributed by atoms with Crippen LogP contribution in [-0.2, 0) is 0 Å². The van der Waals surface area contributed by atoms with Gasteiger partial charge in [-0.05, 0) is 30.4 Å². The number of carbonyl (C=O) groups is 1. The third-order valence-corrected chi connectivity index (χ3v) is 3.54. The van der Waals surface area contributed by atoms with Gasteiger partial charge >= 0.3 is 0 Å². The summed E-state index contributed by atoms with van der Waals surface area (Å²) in [5, 5.41) is 11.3. The van der Waals surface area contributed by atoms with E-state index in [0.29, 0.717) is 6.54 Å². The fraction of sp³-hybridized carbons (Fsp3) is 0.417. The van der Waals surface area contributed by atoms with Gasteiger partial charge in [0, 0.05) is 24.5 Å². The molecule has 0 unspecified atom stereocenters. The molecule has 0 heterocycles. The predicted octanol–water partition coefficient (Wildman–Crippen LogP) is 2.32. The summed E-state index contributed by atoms with van der Waals surface area (Å²) in [5.41, 5.74) is 0.261. The summed E-state index contributed by atoms with van der Waals surface area (Å²) in [6.45, 7) is 0.697. The molecule has 0 atom stereocenters. The minimum atomic E-state index is -0.596. The van der Waals surface area contributed by atoms with Crippen molar-refractivity contribution in [1.29, 1.82) is 0 Å². The van der Waals surface area contributed by atoms with Gasteiger partial charge in [-0.15, -0.1) is 0 Å². The molecule has 0 aliphatic rings. The van der Waals surface area contributed by atoms with E-state index >= 15 is 0 Å². The Labute approximate surface area is 115 Å². The lowest BCUT2D eigenvalue weighted by molar-refractivity contribution is 0.0955. The number of thioether (sulfide) groups is 1. The molecule has 0 aliphatic heterocycles. The number of carbonyl (C=O) groups excluding carboxylic acids is 1. The molecular weight excluding hydrogens is 277 g/mol. The summed E-state index contributed by atoms with van der Waals surface area (Å²) in [5.74, 6) is 0.721. The minimum Gasteiger partial charge on any atom is -0.396 e. The Bertz CT molecular complexity index is 404. The molecule has 1 aromatic carbocycles. The quantitative estimate of drug-likeness (QED) is 0.758. The molecule has 0 aliphatic carbocycles. The molecule has 0 saturated heterocycles. The summed E-state index contributed by atoms with van der Waals surface area (Å²) < 4.78 is 13.1. The number of amides is 1. The largest absolute Gasteiger partial charge is 0.396 e. The molecule has 1 amide bonds. The van der Waals surface area contributed by atoms with E-state index in [2.05, 4.69) is 5.32 Å². The molecule has 2 N–H and O–H groups in total. The monoisotopic (exact) mass is 291 g/mol. The van der Waals surface area contributed by atoms with Gasteiger partial charge in [0.05, 0.1) is 5.02 Å². The highest BCUT2D eigenvalue weighted by Crippen LogP contribution is 2.15. The number of halogens is 2. The van der Waals surface area contributed by atoms with Gasteiger partial charge < -0.3 is 10.4 Å². The molecule has 6 heteroatoms. The number of hydrogen-bond donors (Lipinski definition) is 2. The second-order valence-corrected chi connectivity index (χ2v) is 5.21. The third-order valence-electron chi connectivity index (χ3n) is 2.16. The van der Waals surface area contributed by atoms with Crippen LogP contribution in [0.15, 0.2) is 18.2 Å². The lowest BCUT2D eigenvalue weighted by Crippen LogP contribution is -2.25. The van der Waals surface area contributed by atoms with Crippen LogP contribution in [0.2, 0.25) is 5.02 Å². The second kappa shape index (κ2) is 8.34. The van der Waals surface area contributed by atoms with Gasteiger partial charge in [-0.3, -0.25) is 4.79 Å². The van der Waals surface area contributed by atoms with E-state index in [9.17, 15) is 9.18 Å². The van der Waals surface area contributed by atoms with Crippen molar-refractivity contribution in [3.8, 4) is 0 Å². The van der Waals surface area contributed by atoms with E-state index in [-0.39, 0.29) is 23.1 Å². The van der Waals surface area contributed by atoms with Gasteiger partial charge in [0.2, 0.25) is 0 Å². The molecule has 1 aromatic rings. The first kappa shape index (κ1) is 15.3. The van der Waals surface area contributed by atoms with Crippen LogP contribution < -0.4 is 5.32 Å². The Morgan fingerprint density at radius 2 is 2.22 bits per heavy atom. The average Bonchev–Trinajstić information content (AvgIpc) is 2.36. The normalized spacial score (nSPS) is 10.4. The molecule has 0 saturated carbocycles. The molecule has 0 bridgehead atoms. The topological polar surface area (TPSA) is 49.3 Å². The van der Waals surface area contributed by atoms with Crippen molar-refractivity contribution in [3.05, 3.63) is 34.6 Å². The van der Waals surface area contributed by atoms with Gasteiger partial charge in [0.15, 0.2) is 0 Å². The van der Waals surface area contributed by atoms with Crippen LogP contribution in [0.1, 0.15) is 16.8 Å². The summed E-state index contributed by atoms with van der Waals surface area (Å²) in [4.78, 5) is 11.6. The van der Waals surface area contributed by atoms with E-state index in [4.69, 9.17) is 16.7 Å². The number of rotatable bonds is 7. The number of hydrogen-bond acceptors (Lipinski definition) is 3. The SMILES string of the molecule is O=C(NCCSCCCO)c1ccc(Cl)c(F)c1. The Hall–Kier alpha value is -0.780. The van der Waals surface area contributed by atoms with E-state index in [1.807, 2.05) is 0 Å². The highest BCUT2D eigenvalue weighted by molar-refractivity contribution is 7.99. The Morgan fingerprint density at radius 1 is 1.44 bits per heavy atom. The zero-order chi connectivity index (χ0) is 13.4. The molecule has 0 aromatic heterocycles. The number of benzene rings is 1. The fourth-order valence-electron chi connectivity index (χ4n) is 1.24. The molecular formula is C12H15ClFNO2S. The van der Waals surface area contributed by atoms with Crippen molar-refractivity contribution < 1.29 is 14.3 Å². The second-order valence-electron chi connectivity index (χ2n) is 3.57. The third kappa shape index (κ3) is 5.25. The number of aliphatic hydroxyl groups is 1. The van der Waals surface area contributed by atoms with Crippen LogP contribution >= 0.6 is 23.4 Å². The summed E-state index contributed by atoms with van der Waals surface area (Å²) in [6.07, 6.45) is 0.751. The first-order valence-electron chi connectivity index (χ1n) is 5.57. The average molecular weight is 292 g/mol. The number of aliphatic hydroxyl groups excluding tert-OH is 1. The van der Waals surface area contributed by atoms with E-state index in [0.717, 1.165) is 24.0 Å². The van der Waals surface area contributed by atoms with E-state index < -0.39 is 5.82 Å². The lowest BCUT2D eigenvalue weighted by atomic mass is 10.2. The maximum absolute atomic E-state index is 13.1. The molecule has 18 heavy (non-hydrogen) atoms. The zero-order valence-corrected chi connectivity index (χ0v) is 11.4. The Kier molecular flexibility index (Phi) is 7.08. The van der Waals surface area contributed by atoms with Crippen molar-refractivity contribution in [2.75, 3.05) is 24.7 Å². The summed E-state index contributed by atoms with van der Waals surface area (Å²) in [7, 11) is 0. The Balaban J connectivity index is 2.30. The van der Waals surface area contributed by atoms with Crippen molar-refractivity contribution in [2.45, 2.75) is 6.42 Å². The van der Waals surface area contributed by atoms with Crippen molar-refractivity contribution in [1.82, 2.24) is 5.32 Å². The smallest absolute Gasteiger partial charge is 0.251 e. The molecule has 3 nitrogen and oxygen atoms in total. The first-order chi connectivity index (χ1) is 8.65. The van der Waals surface area contributed by atoms with Crippen LogP contribution in [0, 0.1) is 5.82 Å². The van der Waals surface area contributed by atoms with Gasteiger partial charge in [0.1, 0.15) is 5.82 Å². The maximum Gasteiger partial charge on any atom is 0.251 e. The van der Waals surface area contributed by atoms with Gasteiger partial charge in [-0.25, -0.2) is 4.39 Å². The highest BCUT2D eigenvalue weighted by Gasteiger charge is 2.07. The minimum absolute atomic E-state index is 0.00566. The van der Waals surface area contributed by atoms with Crippen molar-refractivity contribution in [3.63, 3.8) is 0 Å². The van der Waals surface area contributed by atoms with Crippen LogP contribution in [0.5, 0.6) is 0 Å². The predicted molar refractivity (Wildman–Crippen MR) is 72.8 cm³/mol. The van der Waals surface area contributed by atoms with Crippen LogP contribution in [0.3, 0.4) is 0 Å². The molecule has 0 spiro atoms. The van der Waals surface area contributed by atoms with Gasteiger partial charge in [-0.2, -0.15) is 11.8 Å². The molecule has 0 radical (unpaired) electrons. The maximum atomic E-state index is 13.1. The van der Waals surface area contributed by atoms with Crippen molar-refractivity contribution >= 4 is 29.3 Å². The first-order valence-corrected chi connectivity index (χ1v) is 7.10. The van der Waals surface area contributed by atoms with Gasteiger partial charge in [-0.1, -0.05) is 11.6 Å². The molecule has 1 rings (SSSR count). The van der Waals surface area contributed by atoms with E-state index in [1.165, 1.54) is 12.1 Å². The Morgan fingerprint density at radius 3 is 2.89 bits per heavy atom. The van der Waals surface area contributed by atoms with Crippen LogP contribution in [0.25, 0.3) is 0 Å². The van der Waals surface area contributed by atoms with Gasteiger partial charge in [0.25, 0.3) is 5.91 Å². The van der Waals surface area contributed by atoms with Crippen LogP contribution in [0.4, 0.5) is 4.39 Å². The van der Waals surface area contributed by atoms with E-state index in [1.54, 1.807) is 11.8 Å². The summed E-state index contributed by atoms with van der Waals surface area (Å²) in [6, 6.07) is 3.97. The zero-order valence-electron chi connectivity index (χ0n) is 9.79. The molecule has 100 valence electrons. The standard InChI is InChI=1S/C12H15ClFNO2S/c13-10-3-2-9(8-11(10)14)12(17)15-4-7-18-6-1-5-16/h2-3,8,16H,1,4-7H2,(H,15,17). The lowest BCUT2D eigenvalue weighted by Gasteiger charge is -2.05. The molecule has 0 fully saturated rings. The highest BCUT2D eigenvalue weighted by atomic mass is 35.5.